The third-order valence-electron chi connectivity index (χ3n) is 4.18. The molecule has 1 aliphatic rings. The number of carbonyl (C=O) groups excluding carboxylic acids is 1. The third kappa shape index (κ3) is 2.62. The summed E-state index contributed by atoms with van der Waals surface area (Å²) in [5, 5.41) is 3.28. The molecule has 3 aromatic rings. The molecule has 0 saturated carbocycles. The standard InChI is InChI=1S/C19H14BrNO4/c1-2-24-12-6-3-10(4-7-12)16-15-17(22)13-9-11(20)5-8-14(13)25-18(15)19(23)21-16/h3-9,16H,2H2,1H3,(H,21,23). The van der Waals surface area contributed by atoms with Crippen LogP contribution in [0.3, 0.4) is 0 Å². The molecule has 4 rings (SSSR count). The summed E-state index contributed by atoms with van der Waals surface area (Å²) in [6.45, 7) is 2.49. The van der Waals surface area contributed by atoms with E-state index in [2.05, 4.69) is 21.2 Å². The summed E-state index contributed by atoms with van der Waals surface area (Å²) >= 11 is 3.36. The van der Waals surface area contributed by atoms with E-state index in [1.165, 1.54) is 0 Å². The first kappa shape index (κ1) is 15.9. The summed E-state index contributed by atoms with van der Waals surface area (Å²) in [6, 6.07) is 12.0. The van der Waals surface area contributed by atoms with Crippen molar-refractivity contribution in [1.82, 2.24) is 5.32 Å². The molecule has 1 aromatic heterocycles. The maximum atomic E-state index is 13.0. The van der Waals surface area contributed by atoms with Crippen molar-refractivity contribution in [2.24, 2.45) is 0 Å². The van der Waals surface area contributed by atoms with Crippen LogP contribution >= 0.6 is 15.9 Å². The number of nitrogens with one attached hydrogen (secondary N) is 1. The second-order valence-electron chi connectivity index (χ2n) is 5.72. The zero-order valence-electron chi connectivity index (χ0n) is 13.3. The summed E-state index contributed by atoms with van der Waals surface area (Å²) in [6.07, 6.45) is 0. The largest absolute Gasteiger partial charge is 0.494 e. The molecule has 0 spiro atoms. The lowest BCUT2D eigenvalue weighted by Gasteiger charge is -2.12. The van der Waals surface area contributed by atoms with Crippen LogP contribution in [0.1, 0.15) is 34.6 Å². The molecule has 0 radical (unpaired) electrons. The highest BCUT2D eigenvalue weighted by molar-refractivity contribution is 9.10. The molecule has 2 aromatic carbocycles. The first-order valence-electron chi connectivity index (χ1n) is 7.88. The van der Waals surface area contributed by atoms with E-state index in [0.29, 0.717) is 23.1 Å². The van der Waals surface area contributed by atoms with Gasteiger partial charge in [-0.05, 0) is 42.8 Å². The number of hydrogen-bond acceptors (Lipinski definition) is 4. The molecule has 1 amide bonds. The van der Waals surface area contributed by atoms with Gasteiger partial charge in [0, 0.05) is 4.47 Å². The SMILES string of the molecule is CCOc1ccc(C2NC(=O)c3oc4ccc(Br)cc4c(=O)c32)cc1. The van der Waals surface area contributed by atoms with E-state index in [9.17, 15) is 9.59 Å². The number of fused-ring (bicyclic) bond motifs is 2. The normalized spacial score (nSPS) is 15.9. The summed E-state index contributed by atoms with van der Waals surface area (Å²) in [4.78, 5) is 25.3. The van der Waals surface area contributed by atoms with Crippen molar-refractivity contribution in [2.75, 3.05) is 6.61 Å². The van der Waals surface area contributed by atoms with Crippen molar-refractivity contribution in [3.8, 4) is 5.75 Å². The number of carbonyl (C=O) groups is 1. The Morgan fingerprint density at radius 2 is 1.92 bits per heavy atom. The highest BCUT2D eigenvalue weighted by atomic mass is 79.9. The summed E-state index contributed by atoms with van der Waals surface area (Å²) in [5.74, 6) is 0.444. The van der Waals surface area contributed by atoms with Crippen LogP contribution in [-0.4, -0.2) is 12.5 Å². The molecule has 1 unspecified atom stereocenters. The second-order valence-corrected chi connectivity index (χ2v) is 6.64. The van der Waals surface area contributed by atoms with Crippen LogP contribution in [0.2, 0.25) is 0 Å². The lowest BCUT2D eigenvalue weighted by Crippen LogP contribution is -2.21. The van der Waals surface area contributed by atoms with Gasteiger partial charge in [0.15, 0.2) is 5.43 Å². The maximum absolute atomic E-state index is 13.0. The van der Waals surface area contributed by atoms with E-state index in [1.807, 2.05) is 31.2 Å². The molecular weight excluding hydrogens is 386 g/mol. The van der Waals surface area contributed by atoms with Gasteiger partial charge in [-0.1, -0.05) is 28.1 Å². The molecule has 0 aliphatic carbocycles. The fourth-order valence-corrected chi connectivity index (χ4v) is 3.42. The van der Waals surface area contributed by atoms with E-state index in [0.717, 1.165) is 15.8 Å². The minimum Gasteiger partial charge on any atom is -0.494 e. The van der Waals surface area contributed by atoms with Crippen LogP contribution < -0.4 is 15.5 Å². The van der Waals surface area contributed by atoms with Crippen LogP contribution in [-0.2, 0) is 0 Å². The number of halogens is 1. The molecule has 6 heteroatoms. The van der Waals surface area contributed by atoms with Gasteiger partial charge in [-0.15, -0.1) is 0 Å². The molecule has 2 heterocycles. The van der Waals surface area contributed by atoms with Crippen LogP contribution in [0.25, 0.3) is 11.0 Å². The number of amides is 1. The smallest absolute Gasteiger partial charge is 0.288 e. The number of rotatable bonds is 3. The van der Waals surface area contributed by atoms with Crippen LogP contribution in [0, 0.1) is 0 Å². The Bertz CT molecular complexity index is 1040. The van der Waals surface area contributed by atoms with Gasteiger partial charge in [-0.3, -0.25) is 9.59 Å². The van der Waals surface area contributed by atoms with Crippen LogP contribution in [0.5, 0.6) is 5.75 Å². The molecule has 0 bridgehead atoms. The van der Waals surface area contributed by atoms with Crippen molar-refractivity contribution < 1.29 is 13.9 Å². The third-order valence-corrected chi connectivity index (χ3v) is 4.68. The van der Waals surface area contributed by atoms with Crippen molar-refractivity contribution in [2.45, 2.75) is 13.0 Å². The fraction of sp³-hybridized carbons (Fsp3) is 0.158. The van der Waals surface area contributed by atoms with E-state index in [4.69, 9.17) is 9.15 Å². The molecule has 0 fully saturated rings. The minimum absolute atomic E-state index is 0.0821. The molecule has 0 saturated heterocycles. The Labute approximate surface area is 151 Å². The Balaban J connectivity index is 1.87. The monoisotopic (exact) mass is 399 g/mol. The van der Waals surface area contributed by atoms with Gasteiger partial charge in [0.2, 0.25) is 5.76 Å². The average molecular weight is 400 g/mol. The summed E-state index contributed by atoms with van der Waals surface area (Å²) in [7, 11) is 0. The lowest BCUT2D eigenvalue weighted by molar-refractivity contribution is 0.0938. The zero-order chi connectivity index (χ0) is 17.6. The first-order chi connectivity index (χ1) is 12.1. The number of hydrogen-bond donors (Lipinski definition) is 1. The Morgan fingerprint density at radius 1 is 1.16 bits per heavy atom. The van der Waals surface area contributed by atoms with Crippen molar-refractivity contribution in [1.29, 1.82) is 0 Å². The van der Waals surface area contributed by atoms with Gasteiger partial charge in [0.25, 0.3) is 5.91 Å². The molecule has 126 valence electrons. The quantitative estimate of drug-likeness (QED) is 0.727. The molecule has 1 atom stereocenters. The fourth-order valence-electron chi connectivity index (χ4n) is 3.05. The molecule has 1 N–H and O–H groups in total. The Kier molecular flexibility index (Phi) is 3.84. The van der Waals surface area contributed by atoms with Crippen LogP contribution in [0.15, 0.2) is 56.1 Å². The Hall–Kier alpha value is -2.60. The lowest BCUT2D eigenvalue weighted by atomic mass is 9.99. The van der Waals surface area contributed by atoms with E-state index in [1.54, 1.807) is 18.2 Å². The van der Waals surface area contributed by atoms with Gasteiger partial charge in [0.05, 0.1) is 23.6 Å². The maximum Gasteiger partial charge on any atom is 0.288 e. The van der Waals surface area contributed by atoms with Gasteiger partial charge in [-0.25, -0.2) is 0 Å². The molecule has 25 heavy (non-hydrogen) atoms. The van der Waals surface area contributed by atoms with Crippen LogP contribution in [0.4, 0.5) is 0 Å². The molecule has 5 nitrogen and oxygen atoms in total. The molecular formula is C19H14BrNO4. The van der Waals surface area contributed by atoms with Crippen molar-refractivity contribution in [3.63, 3.8) is 0 Å². The van der Waals surface area contributed by atoms with Crippen molar-refractivity contribution in [3.05, 3.63) is 74.0 Å². The highest BCUT2D eigenvalue weighted by Crippen LogP contribution is 2.32. The van der Waals surface area contributed by atoms with Gasteiger partial charge >= 0.3 is 0 Å². The highest BCUT2D eigenvalue weighted by Gasteiger charge is 2.35. The topological polar surface area (TPSA) is 68.5 Å². The average Bonchev–Trinajstić information content (AvgIpc) is 2.94. The van der Waals surface area contributed by atoms with Gasteiger partial charge in [-0.2, -0.15) is 0 Å². The minimum atomic E-state index is -0.530. The molecule has 1 aliphatic heterocycles. The number of benzene rings is 2. The van der Waals surface area contributed by atoms with Gasteiger partial charge < -0.3 is 14.5 Å². The zero-order valence-corrected chi connectivity index (χ0v) is 14.9. The second kappa shape index (κ2) is 6.04. The summed E-state index contributed by atoms with van der Waals surface area (Å²) in [5.41, 5.74) is 1.35. The predicted molar refractivity (Wildman–Crippen MR) is 97.1 cm³/mol. The Morgan fingerprint density at radius 3 is 2.64 bits per heavy atom. The van der Waals surface area contributed by atoms with E-state index >= 15 is 0 Å². The first-order valence-corrected chi connectivity index (χ1v) is 8.67. The summed E-state index contributed by atoms with van der Waals surface area (Å²) < 4.78 is 11.9. The van der Waals surface area contributed by atoms with E-state index in [-0.39, 0.29) is 17.1 Å². The number of ether oxygens (including phenoxy) is 1. The van der Waals surface area contributed by atoms with Crippen molar-refractivity contribution >= 4 is 32.8 Å². The van der Waals surface area contributed by atoms with E-state index < -0.39 is 6.04 Å². The predicted octanol–water partition coefficient (Wildman–Crippen LogP) is 3.79. The van der Waals surface area contributed by atoms with Gasteiger partial charge in [0.1, 0.15) is 11.3 Å².